The minimum absolute atomic E-state index is 0.256. The molecule has 0 radical (unpaired) electrons. The van der Waals surface area contributed by atoms with E-state index < -0.39 is 17.9 Å². The topological polar surface area (TPSA) is 75.6 Å². The third-order valence-electron chi connectivity index (χ3n) is 6.75. The van der Waals surface area contributed by atoms with Crippen LogP contribution in [0.2, 0.25) is 0 Å². The van der Waals surface area contributed by atoms with E-state index in [0.29, 0.717) is 21.3 Å². The number of amides is 1. The highest BCUT2D eigenvalue weighted by molar-refractivity contribution is 9.10. The summed E-state index contributed by atoms with van der Waals surface area (Å²) in [7, 11) is 0. The molecule has 0 aliphatic heterocycles. The second kappa shape index (κ2) is 13.1. The van der Waals surface area contributed by atoms with Gasteiger partial charge >= 0.3 is 5.97 Å². The zero-order valence-corrected chi connectivity index (χ0v) is 23.8. The Labute approximate surface area is 247 Å². The first-order chi connectivity index (χ1) is 20.0. The van der Waals surface area contributed by atoms with Crippen LogP contribution in [0, 0.1) is 0 Å². The molecule has 0 aliphatic rings. The molecule has 0 aromatic heterocycles. The zero-order chi connectivity index (χ0) is 28.6. The van der Waals surface area contributed by atoms with Crippen LogP contribution in [0.15, 0.2) is 132 Å². The molecule has 0 saturated carbocycles. The Morgan fingerprint density at radius 3 is 1.80 bits per heavy atom. The predicted molar refractivity (Wildman–Crippen MR) is 165 cm³/mol. The van der Waals surface area contributed by atoms with Crippen LogP contribution in [-0.4, -0.2) is 17.0 Å². The van der Waals surface area contributed by atoms with Gasteiger partial charge in [-0.05, 0) is 51.6 Å². The molecule has 0 saturated heterocycles. The highest BCUT2D eigenvalue weighted by atomic mass is 79.9. The van der Waals surface area contributed by atoms with Gasteiger partial charge in [-0.2, -0.15) is 0 Å². The van der Waals surface area contributed by atoms with Gasteiger partial charge in [-0.1, -0.05) is 125 Å². The molecule has 204 valence electrons. The van der Waals surface area contributed by atoms with Gasteiger partial charge in [-0.15, -0.1) is 0 Å². The van der Waals surface area contributed by atoms with Gasteiger partial charge in [0, 0.05) is 4.47 Å². The summed E-state index contributed by atoms with van der Waals surface area (Å²) >= 11 is 3.44. The summed E-state index contributed by atoms with van der Waals surface area (Å²) in [5.74, 6) is -1.02. The van der Waals surface area contributed by atoms with E-state index >= 15 is 0 Å². The zero-order valence-electron chi connectivity index (χ0n) is 22.2. The molecule has 5 aromatic rings. The van der Waals surface area contributed by atoms with Crippen LogP contribution in [0.5, 0.6) is 5.75 Å². The molecule has 1 atom stereocenters. The molecule has 6 heteroatoms. The van der Waals surface area contributed by atoms with Gasteiger partial charge < -0.3 is 15.2 Å². The molecule has 0 spiro atoms. The van der Waals surface area contributed by atoms with E-state index in [4.69, 9.17) is 4.74 Å². The number of benzene rings is 5. The number of hydrogen-bond donors (Lipinski definition) is 2. The number of rotatable bonds is 10. The lowest BCUT2D eigenvalue weighted by Gasteiger charge is -2.19. The van der Waals surface area contributed by atoms with E-state index in [1.807, 2.05) is 103 Å². The van der Waals surface area contributed by atoms with Gasteiger partial charge in [0.1, 0.15) is 12.4 Å². The van der Waals surface area contributed by atoms with Gasteiger partial charge in [0.15, 0.2) is 0 Å². The van der Waals surface area contributed by atoms with Crippen molar-refractivity contribution in [1.29, 1.82) is 0 Å². The van der Waals surface area contributed by atoms with E-state index in [9.17, 15) is 14.7 Å². The third kappa shape index (κ3) is 7.29. The van der Waals surface area contributed by atoms with E-state index in [-0.39, 0.29) is 13.0 Å². The summed E-state index contributed by atoms with van der Waals surface area (Å²) in [5, 5.41) is 12.5. The fourth-order valence-electron chi connectivity index (χ4n) is 4.59. The Morgan fingerprint density at radius 2 is 1.24 bits per heavy atom. The van der Waals surface area contributed by atoms with Gasteiger partial charge in [-0.3, -0.25) is 9.59 Å². The van der Waals surface area contributed by atoms with Crippen molar-refractivity contribution in [2.75, 3.05) is 0 Å². The lowest BCUT2D eigenvalue weighted by molar-refractivity contribution is -0.137. The molecule has 5 nitrogen and oxygen atoms in total. The van der Waals surface area contributed by atoms with Crippen molar-refractivity contribution in [3.05, 3.63) is 149 Å². The number of nitrogens with one attached hydrogen (secondary N) is 1. The SMILES string of the molecule is O=C(O)CC(NC(=O)c1cc(Br)ccc1OCc1ccc(-c2ccccc2)cc1)c1ccc(-c2ccccc2)cc1. The van der Waals surface area contributed by atoms with Crippen LogP contribution < -0.4 is 10.1 Å². The minimum atomic E-state index is -1.01. The second-order valence-corrected chi connectivity index (χ2v) is 10.5. The van der Waals surface area contributed by atoms with Crippen LogP contribution in [0.25, 0.3) is 22.3 Å². The third-order valence-corrected chi connectivity index (χ3v) is 7.24. The largest absolute Gasteiger partial charge is 0.488 e. The van der Waals surface area contributed by atoms with Crippen molar-refractivity contribution in [2.45, 2.75) is 19.1 Å². The van der Waals surface area contributed by atoms with Crippen molar-refractivity contribution in [1.82, 2.24) is 5.32 Å². The first-order valence-electron chi connectivity index (χ1n) is 13.2. The first-order valence-corrected chi connectivity index (χ1v) is 14.0. The second-order valence-electron chi connectivity index (χ2n) is 9.60. The molecule has 2 N–H and O–H groups in total. The summed E-state index contributed by atoms with van der Waals surface area (Å²) in [6, 6.07) is 40.2. The Bertz CT molecular complexity index is 1620. The van der Waals surface area contributed by atoms with Gasteiger partial charge in [-0.25, -0.2) is 0 Å². The smallest absolute Gasteiger partial charge is 0.305 e. The fourth-order valence-corrected chi connectivity index (χ4v) is 4.95. The Balaban J connectivity index is 1.31. The van der Waals surface area contributed by atoms with E-state index in [0.717, 1.165) is 27.8 Å². The number of carbonyl (C=O) groups is 2. The Kier molecular flexibility index (Phi) is 8.92. The number of carboxylic acids is 1. The van der Waals surface area contributed by atoms with E-state index in [1.54, 1.807) is 12.1 Å². The number of ether oxygens (including phenoxy) is 1. The highest BCUT2D eigenvalue weighted by Gasteiger charge is 2.22. The van der Waals surface area contributed by atoms with Crippen LogP contribution in [0.3, 0.4) is 0 Å². The number of aliphatic carboxylic acids is 1. The lowest BCUT2D eigenvalue weighted by Crippen LogP contribution is -2.30. The summed E-state index contributed by atoms with van der Waals surface area (Å²) in [5.41, 5.74) is 6.30. The molecule has 1 unspecified atom stereocenters. The highest BCUT2D eigenvalue weighted by Crippen LogP contribution is 2.28. The maximum atomic E-state index is 13.5. The fraction of sp³-hybridized carbons (Fsp3) is 0.0857. The minimum Gasteiger partial charge on any atom is -0.488 e. The van der Waals surface area contributed by atoms with Crippen molar-refractivity contribution >= 4 is 27.8 Å². The first kappa shape index (κ1) is 27.9. The number of hydrogen-bond acceptors (Lipinski definition) is 3. The van der Waals surface area contributed by atoms with Gasteiger partial charge in [0.25, 0.3) is 5.91 Å². The van der Waals surface area contributed by atoms with Crippen molar-refractivity contribution in [3.63, 3.8) is 0 Å². The average molecular weight is 607 g/mol. The standard InChI is InChI=1S/C35H28BrNO4/c36-30-19-20-33(41-23-24-11-13-27(14-12-24)25-7-3-1-4-8-25)31(21-30)35(40)37-32(22-34(38)39)29-17-15-28(16-18-29)26-9-5-2-6-10-26/h1-21,32H,22-23H2,(H,37,40)(H,38,39). The van der Waals surface area contributed by atoms with Gasteiger partial charge in [0.2, 0.25) is 0 Å². The Hall–Kier alpha value is -4.68. The predicted octanol–water partition coefficient (Wildman–Crippen LogP) is 8.31. The average Bonchev–Trinajstić information content (AvgIpc) is 3.01. The molecule has 0 aliphatic carbocycles. The summed E-state index contributed by atoms with van der Waals surface area (Å²) in [6.07, 6.45) is -0.256. The van der Waals surface area contributed by atoms with Gasteiger partial charge in [0.05, 0.1) is 18.0 Å². The number of carboxylic acid groups (broad SMARTS) is 1. The van der Waals surface area contributed by atoms with Crippen LogP contribution in [-0.2, 0) is 11.4 Å². The van der Waals surface area contributed by atoms with Crippen molar-refractivity contribution in [3.8, 4) is 28.0 Å². The molecular weight excluding hydrogens is 578 g/mol. The monoisotopic (exact) mass is 605 g/mol. The normalized spacial score (nSPS) is 11.4. The lowest BCUT2D eigenvalue weighted by atomic mass is 9.98. The molecule has 0 fully saturated rings. The molecule has 0 heterocycles. The number of halogens is 1. The van der Waals surface area contributed by atoms with Crippen LogP contribution in [0.4, 0.5) is 0 Å². The van der Waals surface area contributed by atoms with Crippen molar-refractivity contribution < 1.29 is 19.4 Å². The quantitative estimate of drug-likeness (QED) is 0.168. The Morgan fingerprint density at radius 1 is 0.707 bits per heavy atom. The molecular formula is C35H28BrNO4. The van der Waals surface area contributed by atoms with E-state index in [1.165, 1.54) is 0 Å². The molecule has 0 bridgehead atoms. The molecule has 1 amide bonds. The molecule has 5 aromatic carbocycles. The summed E-state index contributed by atoms with van der Waals surface area (Å²) in [4.78, 5) is 25.2. The summed E-state index contributed by atoms with van der Waals surface area (Å²) in [6.45, 7) is 0.274. The molecule has 5 rings (SSSR count). The van der Waals surface area contributed by atoms with E-state index in [2.05, 4.69) is 33.4 Å². The van der Waals surface area contributed by atoms with Crippen LogP contribution >= 0.6 is 15.9 Å². The summed E-state index contributed by atoms with van der Waals surface area (Å²) < 4.78 is 6.79. The maximum absolute atomic E-state index is 13.5. The number of carbonyl (C=O) groups excluding carboxylic acids is 1. The molecule has 41 heavy (non-hydrogen) atoms. The van der Waals surface area contributed by atoms with Crippen molar-refractivity contribution in [2.24, 2.45) is 0 Å². The van der Waals surface area contributed by atoms with Crippen LogP contribution in [0.1, 0.15) is 33.9 Å². The maximum Gasteiger partial charge on any atom is 0.305 e.